The van der Waals surface area contributed by atoms with Crippen molar-refractivity contribution < 1.29 is 0 Å². The average molecular weight is 279 g/mol. The van der Waals surface area contributed by atoms with Crippen LogP contribution in [0.2, 0.25) is 0 Å². The van der Waals surface area contributed by atoms with Gasteiger partial charge < -0.3 is 5.32 Å². The summed E-state index contributed by atoms with van der Waals surface area (Å²) in [5, 5.41) is 3.48. The average Bonchev–Trinajstić information content (AvgIpc) is 2.47. The molecule has 1 aliphatic rings. The highest BCUT2D eigenvalue weighted by Crippen LogP contribution is 2.24. The van der Waals surface area contributed by atoms with Crippen molar-refractivity contribution in [2.45, 2.75) is 39.5 Å². The molecule has 0 atom stereocenters. The maximum atomic E-state index is 3.48. The molecule has 0 unspecified atom stereocenters. The predicted octanol–water partition coefficient (Wildman–Crippen LogP) is 4.83. The van der Waals surface area contributed by atoms with Crippen LogP contribution in [-0.2, 0) is 19.3 Å². The van der Waals surface area contributed by atoms with E-state index in [0.717, 1.165) is 18.9 Å². The van der Waals surface area contributed by atoms with Crippen LogP contribution in [0.5, 0.6) is 0 Å². The Morgan fingerprint density at radius 1 is 1.00 bits per heavy atom. The molecule has 1 aliphatic heterocycles. The van der Waals surface area contributed by atoms with Crippen molar-refractivity contribution in [2.24, 2.45) is 5.92 Å². The Balaban J connectivity index is 1.77. The zero-order chi connectivity index (χ0) is 14.7. The summed E-state index contributed by atoms with van der Waals surface area (Å²) >= 11 is 0. The van der Waals surface area contributed by atoms with Gasteiger partial charge in [-0.1, -0.05) is 50.2 Å². The van der Waals surface area contributed by atoms with Gasteiger partial charge in [-0.15, -0.1) is 0 Å². The van der Waals surface area contributed by atoms with Crippen molar-refractivity contribution >= 4 is 5.69 Å². The van der Waals surface area contributed by atoms with Crippen LogP contribution in [0.15, 0.2) is 42.5 Å². The van der Waals surface area contributed by atoms with Crippen molar-refractivity contribution in [1.82, 2.24) is 0 Å². The van der Waals surface area contributed by atoms with Crippen LogP contribution in [-0.4, -0.2) is 6.54 Å². The number of rotatable bonds is 4. The molecule has 0 fully saturated rings. The molecule has 1 N–H and O–H groups in total. The van der Waals surface area contributed by atoms with Gasteiger partial charge in [0.2, 0.25) is 0 Å². The van der Waals surface area contributed by atoms with Gasteiger partial charge >= 0.3 is 0 Å². The molecular weight excluding hydrogens is 254 g/mol. The molecule has 0 aliphatic carbocycles. The number of benzene rings is 2. The number of nitrogens with one attached hydrogen (secondary N) is 1. The molecule has 2 aromatic carbocycles. The first-order valence-corrected chi connectivity index (χ1v) is 8.14. The second-order valence-electron chi connectivity index (χ2n) is 6.62. The molecule has 3 rings (SSSR count). The smallest absolute Gasteiger partial charge is 0.0372 e. The fraction of sp³-hybridized carbons (Fsp3) is 0.400. The third-order valence-corrected chi connectivity index (χ3v) is 4.15. The van der Waals surface area contributed by atoms with E-state index in [0.29, 0.717) is 0 Å². The zero-order valence-corrected chi connectivity index (χ0v) is 13.2. The molecule has 0 saturated carbocycles. The SMILES string of the molecule is CC(C)Cc1cccc(Cc2ccc3c(c2)CCCN3)c1. The maximum Gasteiger partial charge on any atom is 0.0372 e. The van der Waals surface area contributed by atoms with Crippen LogP contribution < -0.4 is 5.32 Å². The highest BCUT2D eigenvalue weighted by molar-refractivity contribution is 5.54. The van der Waals surface area contributed by atoms with E-state index in [1.165, 1.54) is 47.2 Å². The molecule has 21 heavy (non-hydrogen) atoms. The number of hydrogen-bond donors (Lipinski definition) is 1. The minimum absolute atomic E-state index is 0.718. The lowest BCUT2D eigenvalue weighted by Crippen LogP contribution is -2.11. The quantitative estimate of drug-likeness (QED) is 0.845. The van der Waals surface area contributed by atoms with Crippen LogP contribution in [0.3, 0.4) is 0 Å². The Labute approximate surface area is 128 Å². The second-order valence-corrected chi connectivity index (χ2v) is 6.62. The first kappa shape index (κ1) is 14.2. The third kappa shape index (κ3) is 3.66. The van der Waals surface area contributed by atoms with E-state index < -0.39 is 0 Å². The lowest BCUT2D eigenvalue weighted by Gasteiger charge is -2.18. The van der Waals surface area contributed by atoms with Gasteiger partial charge in [-0.25, -0.2) is 0 Å². The van der Waals surface area contributed by atoms with Crippen LogP contribution in [0, 0.1) is 5.92 Å². The normalized spacial score (nSPS) is 13.9. The van der Waals surface area contributed by atoms with Gasteiger partial charge in [-0.2, -0.15) is 0 Å². The number of anilines is 1. The molecule has 110 valence electrons. The van der Waals surface area contributed by atoms with E-state index in [2.05, 4.69) is 61.6 Å². The van der Waals surface area contributed by atoms with Crippen LogP contribution >= 0.6 is 0 Å². The molecule has 1 nitrogen and oxygen atoms in total. The largest absolute Gasteiger partial charge is 0.385 e. The number of fused-ring (bicyclic) bond motifs is 1. The lowest BCUT2D eigenvalue weighted by molar-refractivity contribution is 0.647. The van der Waals surface area contributed by atoms with Gasteiger partial charge in [0.1, 0.15) is 0 Å². The fourth-order valence-electron chi connectivity index (χ4n) is 3.21. The van der Waals surface area contributed by atoms with Crippen molar-refractivity contribution in [2.75, 3.05) is 11.9 Å². The maximum absolute atomic E-state index is 3.48. The second kappa shape index (κ2) is 6.34. The molecule has 0 bridgehead atoms. The van der Waals surface area contributed by atoms with E-state index in [-0.39, 0.29) is 0 Å². The summed E-state index contributed by atoms with van der Waals surface area (Å²) in [4.78, 5) is 0. The van der Waals surface area contributed by atoms with Gasteiger partial charge in [0.25, 0.3) is 0 Å². The Kier molecular flexibility index (Phi) is 4.28. The van der Waals surface area contributed by atoms with Gasteiger partial charge in [0.05, 0.1) is 0 Å². The topological polar surface area (TPSA) is 12.0 Å². The van der Waals surface area contributed by atoms with Crippen LogP contribution in [0.4, 0.5) is 5.69 Å². The first-order valence-electron chi connectivity index (χ1n) is 8.14. The van der Waals surface area contributed by atoms with E-state index >= 15 is 0 Å². The first-order chi connectivity index (χ1) is 10.2. The Morgan fingerprint density at radius 2 is 1.81 bits per heavy atom. The molecule has 0 spiro atoms. The minimum atomic E-state index is 0.718. The summed E-state index contributed by atoms with van der Waals surface area (Å²) < 4.78 is 0. The van der Waals surface area contributed by atoms with E-state index in [1.54, 1.807) is 0 Å². The highest BCUT2D eigenvalue weighted by atomic mass is 14.9. The highest BCUT2D eigenvalue weighted by Gasteiger charge is 2.09. The molecule has 2 aromatic rings. The molecule has 1 heteroatoms. The Bertz CT molecular complexity index is 613. The van der Waals surface area contributed by atoms with E-state index in [4.69, 9.17) is 0 Å². The summed E-state index contributed by atoms with van der Waals surface area (Å²) in [5.41, 5.74) is 7.13. The third-order valence-electron chi connectivity index (χ3n) is 4.15. The van der Waals surface area contributed by atoms with Gasteiger partial charge in [0, 0.05) is 12.2 Å². The van der Waals surface area contributed by atoms with Crippen LogP contribution in [0.1, 0.15) is 42.5 Å². The monoisotopic (exact) mass is 279 g/mol. The van der Waals surface area contributed by atoms with Crippen molar-refractivity contribution in [3.8, 4) is 0 Å². The number of hydrogen-bond acceptors (Lipinski definition) is 1. The minimum Gasteiger partial charge on any atom is -0.385 e. The summed E-state index contributed by atoms with van der Waals surface area (Å²) in [5.74, 6) is 0.718. The van der Waals surface area contributed by atoms with E-state index in [1.807, 2.05) is 0 Å². The Morgan fingerprint density at radius 3 is 2.67 bits per heavy atom. The molecule has 1 heterocycles. The number of aryl methyl sites for hydroxylation is 1. The van der Waals surface area contributed by atoms with E-state index in [9.17, 15) is 0 Å². The van der Waals surface area contributed by atoms with Crippen molar-refractivity contribution in [1.29, 1.82) is 0 Å². The zero-order valence-electron chi connectivity index (χ0n) is 13.2. The van der Waals surface area contributed by atoms with Crippen molar-refractivity contribution in [3.63, 3.8) is 0 Å². The summed E-state index contributed by atoms with van der Waals surface area (Å²) in [6.45, 7) is 5.68. The fourth-order valence-corrected chi connectivity index (χ4v) is 3.21. The molecule has 0 radical (unpaired) electrons. The standard InChI is InChI=1S/C20H25N/c1-15(2)11-16-5-3-6-17(12-16)13-18-8-9-20-19(14-18)7-4-10-21-20/h3,5-6,8-9,12,14-15,21H,4,7,10-11,13H2,1-2H3. The predicted molar refractivity (Wildman–Crippen MR) is 91.0 cm³/mol. The molecular formula is C20H25N. The van der Waals surface area contributed by atoms with Gasteiger partial charge in [0.15, 0.2) is 0 Å². The van der Waals surface area contributed by atoms with Gasteiger partial charge in [-0.3, -0.25) is 0 Å². The van der Waals surface area contributed by atoms with Crippen molar-refractivity contribution in [3.05, 3.63) is 64.7 Å². The summed E-state index contributed by atoms with van der Waals surface area (Å²) in [6, 6.07) is 16.0. The molecule has 0 saturated heterocycles. The lowest BCUT2D eigenvalue weighted by atomic mass is 9.95. The summed E-state index contributed by atoms with van der Waals surface area (Å²) in [7, 11) is 0. The Hall–Kier alpha value is -1.76. The summed E-state index contributed by atoms with van der Waals surface area (Å²) in [6.07, 6.45) is 4.67. The molecule has 0 amide bonds. The van der Waals surface area contributed by atoms with Gasteiger partial charge in [-0.05, 0) is 59.9 Å². The van der Waals surface area contributed by atoms with Crippen LogP contribution in [0.25, 0.3) is 0 Å². The molecule has 0 aromatic heterocycles.